The highest BCUT2D eigenvalue weighted by atomic mass is 32.2. The van der Waals surface area contributed by atoms with Crippen LogP contribution >= 0.6 is 0 Å². The van der Waals surface area contributed by atoms with Gasteiger partial charge in [0, 0.05) is 43.1 Å². The zero-order chi connectivity index (χ0) is 23.0. The highest BCUT2D eigenvalue weighted by Crippen LogP contribution is 2.37. The minimum atomic E-state index is -3.22. The molecule has 1 saturated carbocycles. The standard InChI is InChI=1S/C26H28N2O4S/c1-33(30,31)22-8-6-18(7-9-22)20-16-24-23(10-11-25(24)27-17-20)19-12-14-28(15-13-19)26(29)32-21-4-2-3-5-21/h6-10,12,16-17,21H,2-5,11,13-15H2,1H3. The summed E-state index contributed by atoms with van der Waals surface area (Å²) in [5.41, 5.74) is 6.49. The fourth-order valence-corrected chi connectivity index (χ4v) is 5.49. The summed E-state index contributed by atoms with van der Waals surface area (Å²) in [6, 6.07) is 9.06. The third kappa shape index (κ3) is 4.60. The summed E-state index contributed by atoms with van der Waals surface area (Å²) in [6.45, 7) is 1.22. The predicted octanol–water partition coefficient (Wildman–Crippen LogP) is 4.80. The monoisotopic (exact) mass is 464 g/mol. The molecule has 0 spiro atoms. The van der Waals surface area contributed by atoms with Gasteiger partial charge >= 0.3 is 6.09 Å². The van der Waals surface area contributed by atoms with Crippen LogP contribution in [0.2, 0.25) is 0 Å². The number of rotatable bonds is 4. The van der Waals surface area contributed by atoms with Crippen molar-refractivity contribution in [2.24, 2.45) is 0 Å². The van der Waals surface area contributed by atoms with E-state index in [2.05, 4.69) is 23.2 Å². The maximum Gasteiger partial charge on any atom is 0.410 e. The molecule has 5 rings (SSSR count). The Bertz CT molecular complexity index is 1240. The number of amides is 1. The van der Waals surface area contributed by atoms with Gasteiger partial charge in [-0.25, -0.2) is 13.2 Å². The molecule has 0 N–H and O–H groups in total. The summed E-state index contributed by atoms with van der Waals surface area (Å²) in [6.07, 6.45) is 13.1. The fourth-order valence-electron chi connectivity index (χ4n) is 4.86. The molecule has 33 heavy (non-hydrogen) atoms. The van der Waals surface area contributed by atoms with Crippen molar-refractivity contribution in [1.82, 2.24) is 9.88 Å². The molecule has 2 aromatic rings. The van der Waals surface area contributed by atoms with Gasteiger partial charge in [-0.2, -0.15) is 0 Å². The second-order valence-corrected chi connectivity index (χ2v) is 11.1. The van der Waals surface area contributed by atoms with Crippen LogP contribution in [0.25, 0.3) is 16.7 Å². The molecule has 1 aromatic carbocycles. The Kier molecular flexibility index (Phi) is 5.83. The number of ether oxygens (including phenoxy) is 1. The summed E-state index contributed by atoms with van der Waals surface area (Å²) in [7, 11) is -3.22. The first-order valence-corrected chi connectivity index (χ1v) is 13.4. The molecule has 172 valence electrons. The van der Waals surface area contributed by atoms with Gasteiger partial charge in [0.05, 0.1) is 10.6 Å². The van der Waals surface area contributed by atoms with Gasteiger partial charge in [0.15, 0.2) is 9.84 Å². The summed E-state index contributed by atoms with van der Waals surface area (Å²) in [5.74, 6) is 0. The molecule has 0 atom stereocenters. The van der Waals surface area contributed by atoms with Gasteiger partial charge in [-0.05, 0) is 67.0 Å². The minimum Gasteiger partial charge on any atom is -0.446 e. The topological polar surface area (TPSA) is 76.6 Å². The van der Waals surface area contributed by atoms with E-state index in [1.807, 2.05) is 18.3 Å². The van der Waals surface area contributed by atoms with Gasteiger partial charge in [0.25, 0.3) is 0 Å². The van der Waals surface area contributed by atoms with E-state index in [9.17, 15) is 13.2 Å². The predicted molar refractivity (Wildman–Crippen MR) is 127 cm³/mol. The van der Waals surface area contributed by atoms with Crippen molar-refractivity contribution in [2.45, 2.75) is 49.5 Å². The van der Waals surface area contributed by atoms with Crippen molar-refractivity contribution in [3.05, 3.63) is 65.5 Å². The van der Waals surface area contributed by atoms with Crippen molar-refractivity contribution in [2.75, 3.05) is 19.3 Å². The van der Waals surface area contributed by atoms with Gasteiger partial charge in [0.1, 0.15) is 6.10 Å². The van der Waals surface area contributed by atoms with Crippen LogP contribution in [-0.2, 0) is 21.0 Å². The number of carbonyl (C=O) groups excluding carboxylic acids is 1. The third-order valence-corrected chi connectivity index (χ3v) is 7.89. The molecule has 0 radical (unpaired) electrons. The number of nitrogens with zero attached hydrogens (tertiary/aromatic N) is 2. The Morgan fingerprint density at radius 2 is 1.85 bits per heavy atom. The van der Waals surface area contributed by atoms with E-state index in [-0.39, 0.29) is 12.2 Å². The van der Waals surface area contributed by atoms with Crippen LogP contribution in [0.5, 0.6) is 0 Å². The zero-order valence-corrected chi connectivity index (χ0v) is 19.6. The molecule has 2 heterocycles. The van der Waals surface area contributed by atoms with E-state index in [0.29, 0.717) is 18.0 Å². The van der Waals surface area contributed by atoms with Crippen LogP contribution in [0.15, 0.2) is 59.1 Å². The first-order chi connectivity index (χ1) is 15.9. The van der Waals surface area contributed by atoms with E-state index in [4.69, 9.17) is 4.74 Å². The fraction of sp³-hybridized carbons (Fsp3) is 0.385. The third-order valence-electron chi connectivity index (χ3n) is 6.76. The number of fused-ring (bicyclic) bond motifs is 1. The maximum absolute atomic E-state index is 12.5. The number of carbonyl (C=O) groups is 1. The number of pyridine rings is 1. The Labute approximate surface area is 194 Å². The van der Waals surface area contributed by atoms with Crippen LogP contribution < -0.4 is 0 Å². The van der Waals surface area contributed by atoms with E-state index >= 15 is 0 Å². The van der Waals surface area contributed by atoms with Gasteiger partial charge in [-0.15, -0.1) is 0 Å². The second-order valence-electron chi connectivity index (χ2n) is 9.05. The van der Waals surface area contributed by atoms with Crippen molar-refractivity contribution < 1.29 is 17.9 Å². The number of sulfone groups is 1. The number of hydrogen-bond acceptors (Lipinski definition) is 5. The smallest absolute Gasteiger partial charge is 0.410 e. The summed E-state index contributed by atoms with van der Waals surface area (Å²) < 4.78 is 29.1. The first kappa shape index (κ1) is 21.9. The van der Waals surface area contributed by atoms with Gasteiger partial charge in [-0.1, -0.05) is 24.3 Å². The highest BCUT2D eigenvalue weighted by molar-refractivity contribution is 7.90. The van der Waals surface area contributed by atoms with Gasteiger partial charge in [0.2, 0.25) is 0 Å². The highest BCUT2D eigenvalue weighted by Gasteiger charge is 2.27. The molecule has 1 aliphatic heterocycles. The average molecular weight is 465 g/mol. The van der Waals surface area contributed by atoms with Crippen LogP contribution in [0.1, 0.15) is 43.4 Å². The second kappa shape index (κ2) is 8.78. The van der Waals surface area contributed by atoms with E-state index in [1.165, 1.54) is 17.4 Å². The number of benzene rings is 1. The molecule has 3 aliphatic rings. The lowest BCUT2D eigenvalue weighted by Crippen LogP contribution is -2.37. The summed E-state index contributed by atoms with van der Waals surface area (Å²) in [5, 5.41) is 0. The molecular weight excluding hydrogens is 436 g/mol. The SMILES string of the molecule is CS(=O)(=O)c1ccc(-c2cnc3c(c2)C(C2=CCN(C(=O)OC4CCCC4)CC2)=CC3)cc1. The molecular formula is C26H28N2O4S. The molecule has 1 fully saturated rings. The Hall–Kier alpha value is -2.93. The lowest BCUT2D eigenvalue weighted by molar-refractivity contribution is 0.0676. The molecule has 7 heteroatoms. The lowest BCUT2D eigenvalue weighted by Gasteiger charge is -2.27. The summed E-state index contributed by atoms with van der Waals surface area (Å²) >= 11 is 0. The first-order valence-electron chi connectivity index (χ1n) is 11.5. The molecule has 6 nitrogen and oxygen atoms in total. The van der Waals surface area contributed by atoms with Crippen LogP contribution in [0.3, 0.4) is 0 Å². The van der Waals surface area contributed by atoms with E-state index in [1.54, 1.807) is 17.0 Å². The normalized spacial score (nSPS) is 18.6. The number of allylic oxidation sites excluding steroid dienone is 2. The van der Waals surface area contributed by atoms with Crippen molar-refractivity contribution in [1.29, 1.82) is 0 Å². The molecule has 2 aliphatic carbocycles. The molecule has 1 amide bonds. The van der Waals surface area contributed by atoms with Crippen molar-refractivity contribution in [3.8, 4) is 11.1 Å². The van der Waals surface area contributed by atoms with Crippen molar-refractivity contribution >= 4 is 21.5 Å². The molecule has 0 saturated heterocycles. The average Bonchev–Trinajstić information content (AvgIpc) is 3.48. The van der Waals surface area contributed by atoms with Crippen molar-refractivity contribution in [3.63, 3.8) is 0 Å². The van der Waals surface area contributed by atoms with Crippen LogP contribution in [0.4, 0.5) is 4.79 Å². The van der Waals surface area contributed by atoms with Crippen LogP contribution in [-0.4, -0.2) is 49.8 Å². The maximum atomic E-state index is 12.5. The Balaban J connectivity index is 1.31. The quantitative estimate of drug-likeness (QED) is 0.649. The van der Waals surface area contributed by atoms with Gasteiger partial charge < -0.3 is 9.64 Å². The largest absolute Gasteiger partial charge is 0.446 e. The molecule has 1 aromatic heterocycles. The van der Waals surface area contributed by atoms with E-state index in [0.717, 1.165) is 60.9 Å². The zero-order valence-electron chi connectivity index (χ0n) is 18.8. The number of aromatic nitrogens is 1. The summed E-state index contributed by atoms with van der Waals surface area (Å²) in [4.78, 5) is 19.2. The Morgan fingerprint density at radius 1 is 1.09 bits per heavy atom. The Morgan fingerprint density at radius 3 is 2.52 bits per heavy atom. The van der Waals surface area contributed by atoms with Gasteiger partial charge in [-0.3, -0.25) is 4.98 Å². The lowest BCUT2D eigenvalue weighted by atomic mass is 9.94. The number of hydrogen-bond donors (Lipinski definition) is 0. The van der Waals surface area contributed by atoms with Crippen LogP contribution in [0, 0.1) is 0 Å². The van der Waals surface area contributed by atoms with E-state index < -0.39 is 9.84 Å². The molecule has 0 bridgehead atoms. The minimum absolute atomic E-state index is 0.0864. The molecule has 0 unspecified atom stereocenters.